The Bertz CT molecular complexity index is 328. The van der Waals surface area contributed by atoms with Gasteiger partial charge >= 0.3 is 0 Å². The molecule has 0 bridgehead atoms. The Morgan fingerprint density at radius 2 is 2.06 bits per heavy atom. The molecule has 1 nitrogen and oxygen atoms in total. The standard InChI is InChI=1S/C13H19BrFN/c1-3-5-13(16-8-4-2)10-6-7-12(15)11(14)9-10/h6-7,9,13,16H,3-5,8H2,1-2H3. The Hall–Kier alpha value is -0.410. The summed E-state index contributed by atoms with van der Waals surface area (Å²) in [5.74, 6) is -0.200. The SMILES string of the molecule is CCCNC(CCC)c1ccc(F)c(Br)c1. The van der Waals surface area contributed by atoms with E-state index >= 15 is 0 Å². The zero-order chi connectivity index (χ0) is 12.0. The number of nitrogens with one attached hydrogen (secondary N) is 1. The number of halogens is 2. The maximum atomic E-state index is 13.1. The highest BCUT2D eigenvalue weighted by molar-refractivity contribution is 9.10. The average Bonchev–Trinajstić information content (AvgIpc) is 2.28. The summed E-state index contributed by atoms with van der Waals surface area (Å²) in [6, 6.07) is 5.60. The first-order valence-electron chi connectivity index (χ1n) is 5.87. The summed E-state index contributed by atoms with van der Waals surface area (Å²) in [7, 11) is 0. The molecule has 1 rings (SSSR count). The summed E-state index contributed by atoms with van der Waals surface area (Å²) in [5, 5.41) is 3.49. The van der Waals surface area contributed by atoms with E-state index in [-0.39, 0.29) is 5.82 Å². The largest absolute Gasteiger partial charge is 0.310 e. The van der Waals surface area contributed by atoms with Gasteiger partial charge in [0.05, 0.1) is 4.47 Å². The average molecular weight is 288 g/mol. The fourth-order valence-corrected chi connectivity index (χ4v) is 2.12. The van der Waals surface area contributed by atoms with Crippen LogP contribution in [0.3, 0.4) is 0 Å². The summed E-state index contributed by atoms with van der Waals surface area (Å²) in [6.45, 7) is 5.31. The van der Waals surface area contributed by atoms with E-state index in [0.29, 0.717) is 10.5 Å². The van der Waals surface area contributed by atoms with Crippen LogP contribution < -0.4 is 5.32 Å². The predicted molar refractivity (Wildman–Crippen MR) is 70.0 cm³/mol. The quantitative estimate of drug-likeness (QED) is 0.816. The Kier molecular flexibility index (Phi) is 5.99. The van der Waals surface area contributed by atoms with E-state index in [0.717, 1.165) is 31.4 Å². The van der Waals surface area contributed by atoms with Gasteiger partial charge < -0.3 is 5.32 Å². The summed E-state index contributed by atoms with van der Waals surface area (Å²) in [5.41, 5.74) is 1.16. The lowest BCUT2D eigenvalue weighted by Crippen LogP contribution is -2.22. The van der Waals surface area contributed by atoms with E-state index in [4.69, 9.17) is 0 Å². The number of benzene rings is 1. The van der Waals surface area contributed by atoms with E-state index in [1.807, 2.05) is 12.1 Å². The molecule has 90 valence electrons. The third kappa shape index (κ3) is 3.87. The molecule has 0 saturated heterocycles. The molecule has 0 amide bonds. The minimum Gasteiger partial charge on any atom is -0.310 e. The van der Waals surface area contributed by atoms with Crippen LogP contribution in [0, 0.1) is 5.82 Å². The van der Waals surface area contributed by atoms with Crippen LogP contribution in [0.4, 0.5) is 4.39 Å². The Labute approximate surface area is 106 Å². The van der Waals surface area contributed by atoms with E-state index in [2.05, 4.69) is 35.1 Å². The molecule has 16 heavy (non-hydrogen) atoms. The van der Waals surface area contributed by atoms with Gasteiger partial charge in [-0.3, -0.25) is 0 Å². The lowest BCUT2D eigenvalue weighted by Gasteiger charge is -2.18. The number of rotatable bonds is 6. The molecule has 0 aliphatic carbocycles. The molecule has 0 spiro atoms. The van der Waals surface area contributed by atoms with Gasteiger partial charge in [-0.1, -0.05) is 26.3 Å². The molecule has 0 fully saturated rings. The molecular formula is C13H19BrFN. The molecule has 1 aromatic rings. The van der Waals surface area contributed by atoms with Crippen LogP contribution in [0.1, 0.15) is 44.7 Å². The van der Waals surface area contributed by atoms with Crippen molar-refractivity contribution < 1.29 is 4.39 Å². The maximum absolute atomic E-state index is 13.1. The first-order valence-corrected chi connectivity index (χ1v) is 6.66. The predicted octanol–water partition coefficient (Wildman–Crippen LogP) is 4.43. The van der Waals surface area contributed by atoms with Gasteiger partial charge in [-0.15, -0.1) is 0 Å². The van der Waals surface area contributed by atoms with Crippen molar-refractivity contribution in [1.29, 1.82) is 0 Å². The van der Waals surface area contributed by atoms with Gasteiger partial charge in [-0.25, -0.2) is 4.39 Å². The van der Waals surface area contributed by atoms with E-state index in [1.54, 1.807) is 0 Å². The normalized spacial score (nSPS) is 12.8. The van der Waals surface area contributed by atoms with Crippen molar-refractivity contribution in [3.63, 3.8) is 0 Å². The van der Waals surface area contributed by atoms with E-state index < -0.39 is 0 Å². The fourth-order valence-electron chi connectivity index (χ4n) is 1.72. The van der Waals surface area contributed by atoms with Crippen molar-refractivity contribution in [2.75, 3.05) is 6.54 Å². The van der Waals surface area contributed by atoms with Gasteiger partial charge in [0.25, 0.3) is 0 Å². The highest BCUT2D eigenvalue weighted by Crippen LogP contribution is 2.24. The molecule has 0 aliphatic heterocycles. The van der Waals surface area contributed by atoms with Crippen molar-refractivity contribution in [1.82, 2.24) is 5.32 Å². The summed E-state index contributed by atoms with van der Waals surface area (Å²) in [6.07, 6.45) is 3.32. The molecule has 0 heterocycles. The van der Waals surface area contributed by atoms with Crippen LogP contribution in [0.15, 0.2) is 22.7 Å². The molecule has 1 atom stereocenters. The lowest BCUT2D eigenvalue weighted by molar-refractivity contribution is 0.492. The van der Waals surface area contributed by atoms with Crippen LogP contribution >= 0.6 is 15.9 Å². The molecule has 0 radical (unpaired) electrons. The molecule has 3 heteroatoms. The first kappa shape index (κ1) is 13.7. The van der Waals surface area contributed by atoms with Crippen molar-refractivity contribution in [3.8, 4) is 0 Å². The minimum absolute atomic E-state index is 0.200. The molecular weight excluding hydrogens is 269 g/mol. The van der Waals surface area contributed by atoms with Crippen LogP contribution in [-0.2, 0) is 0 Å². The monoisotopic (exact) mass is 287 g/mol. The van der Waals surface area contributed by atoms with Crippen LogP contribution in [0.5, 0.6) is 0 Å². The Morgan fingerprint density at radius 1 is 1.31 bits per heavy atom. The van der Waals surface area contributed by atoms with Crippen molar-refractivity contribution in [2.45, 2.75) is 39.2 Å². The fraction of sp³-hybridized carbons (Fsp3) is 0.538. The third-order valence-electron chi connectivity index (χ3n) is 2.56. The second-order valence-corrected chi connectivity index (χ2v) is 4.82. The van der Waals surface area contributed by atoms with Crippen LogP contribution in [-0.4, -0.2) is 6.54 Å². The molecule has 1 N–H and O–H groups in total. The summed E-state index contributed by atoms with van der Waals surface area (Å²) < 4.78 is 13.7. The second kappa shape index (κ2) is 7.02. The van der Waals surface area contributed by atoms with E-state index in [1.165, 1.54) is 6.07 Å². The van der Waals surface area contributed by atoms with Crippen molar-refractivity contribution in [2.24, 2.45) is 0 Å². The second-order valence-electron chi connectivity index (χ2n) is 3.97. The van der Waals surface area contributed by atoms with Gasteiger partial charge in [-0.05, 0) is 53.0 Å². The topological polar surface area (TPSA) is 12.0 Å². The van der Waals surface area contributed by atoms with Crippen LogP contribution in [0.2, 0.25) is 0 Å². The molecule has 0 aliphatic rings. The zero-order valence-electron chi connectivity index (χ0n) is 9.89. The summed E-state index contributed by atoms with van der Waals surface area (Å²) >= 11 is 3.23. The molecule has 0 aromatic heterocycles. The van der Waals surface area contributed by atoms with Gasteiger partial charge in [0.1, 0.15) is 5.82 Å². The maximum Gasteiger partial charge on any atom is 0.137 e. The zero-order valence-corrected chi connectivity index (χ0v) is 11.5. The van der Waals surface area contributed by atoms with Gasteiger partial charge in [-0.2, -0.15) is 0 Å². The molecule has 0 saturated carbocycles. The first-order chi connectivity index (χ1) is 7.69. The minimum atomic E-state index is -0.200. The lowest BCUT2D eigenvalue weighted by atomic mass is 10.0. The highest BCUT2D eigenvalue weighted by Gasteiger charge is 2.11. The van der Waals surface area contributed by atoms with Crippen molar-refractivity contribution >= 4 is 15.9 Å². The third-order valence-corrected chi connectivity index (χ3v) is 3.17. The smallest absolute Gasteiger partial charge is 0.137 e. The Balaban J connectivity index is 2.78. The molecule has 1 aromatic carbocycles. The number of hydrogen-bond donors (Lipinski definition) is 1. The van der Waals surface area contributed by atoms with Gasteiger partial charge in [0.15, 0.2) is 0 Å². The summed E-state index contributed by atoms with van der Waals surface area (Å²) in [4.78, 5) is 0. The van der Waals surface area contributed by atoms with Gasteiger partial charge in [0.2, 0.25) is 0 Å². The number of hydrogen-bond acceptors (Lipinski definition) is 1. The Morgan fingerprint density at radius 3 is 2.62 bits per heavy atom. The van der Waals surface area contributed by atoms with E-state index in [9.17, 15) is 4.39 Å². The van der Waals surface area contributed by atoms with Crippen molar-refractivity contribution in [3.05, 3.63) is 34.1 Å². The highest BCUT2D eigenvalue weighted by atomic mass is 79.9. The van der Waals surface area contributed by atoms with Gasteiger partial charge in [0, 0.05) is 6.04 Å². The molecule has 1 unspecified atom stereocenters. The van der Waals surface area contributed by atoms with Crippen LogP contribution in [0.25, 0.3) is 0 Å².